The molecule has 0 amide bonds. The van der Waals surface area contributed by atoms with Gasteiger partial charge in [0, 0.05) is 0 Å². The molecule has 1 heterocycles. The Morgan fingerprint density at radius 1 is 1.18 bits per heavy atom. The lowest BCUT2D eigenvalue weighted by atomic mass is 10.1. The summed E-state index contributed by atoms with van der Waals surface area (Å²) in [5.41, 5.74) is 0. The van der Waals surface area contributed by atoms with E-state index in [4.69, 9.17) is 21.1 Å². The molecule has 17 heavy (non-hydrogen) atoms. The van der Waals surface area contributed by atoms with Crippen LogP contribution in [-0.2, 0) is 0 Å². The summed E-state index contributed by atoms with van der Waals surface area (Å²) in [4.78, 5) is 7.96. The standard InChI is InChI=1S/C12H17ClN2O2/c1-16-10-11(13)14-8-15-12(10)17-9-6-4-2-3-5-7-9/h8-9H,2-7H2,1H3. The van der Waals surface area contributed by atoms with Crippen molar-refractivity contribution in [1.82, 2.24) is 9.97 Å². The van der Waals surface area contributed by atoms with Gasteiger partial charge in [-0.1, -0.05) is 24.4 Å². The van der Waals surface area contributed by atoms with E-state index < -0.39 is 0 Å². The maximum atomic E-state index is 5.92. The molecule has 0 aromatic carbocycles. The summed E-state index contributed by atoms with van der Waals surface area (Å²) >= 11 is 5.92. The Morgan fingerprint density at radius 2 is 1.88 bits per heavy atom. The Labute approximate surface area is 106 Å². The molecule has 0 aliphatic heterocycles. The highest BCUT2D eigenvalue weighted by Gasteiger charge is 2.18. The average Bonchev–Trinajstić information content (AvgIpc) is 2.58. The van der Waals surface area contributed by atoms with Gasteiger partial charge in [0.1, 0.15) is 12.4 Å². The van der Waals surface area contributed by atoms with Gasteiger partial charge in [0.2, 0.25) is 5.75 Å². The van der Waals surface area contributed by atoms with Gasteiger partial charge < -0.3 is 9.47 Å². The molecule has 1 fully saturated rings. The Morgan fingerprint density at radius 3 is 2.53 bits per heavy atom. The minimum Gasteiger partial charge on any atom is -0.489 e. The second kappa shape index (κ2) is 6.05. The molecule has 1 aliphatic rings. The van der Waals surface area contributed by atoms with Crippen molar-refractivity contribution in [3.05, 3.63) is 11.5 Å². The summed E-state index contributed by atoms with van der Waals surface area (Å²) in [5.74, 6) is 0.887. The summed E-state index contributed by atoms with van der Waals surface area (Å²) in [6, 6.07) is 0. The molecule has 1 aliphatic carbocycles. The Hall–Kier alpha value is -1.03. The van der Waals surface area contributed by atoms with Gasteiger partial charge in [-0.25, -0.2) is 4.98 Å². The first kappa shape index (κ1) is 12.4. The predicted molar refractivity (Wildman–Crippen MR) is 65.7 cm³/mol. The van der Waals surface area contributed by atoms with Gasteiger partial charge in [-0.05, 0) is 25.7 Å². The van der Waals surface area contributed by atoms with Crippen molar-refractivity contribution in [1.29, 1.82) is 0 Å². The van der Waals surface area contributed by atoms with Crippen LogP contribution >= 0.6 is 11.6 Å². The van der Waals surface area contributed by atoms with Gasteiger partial charge in [0.25, 0.3) is 5.88 Å². The lowest BCUT2D eigenvalue weighted by Crippen LogP contribution is -2.16. The van der Waals surface area contributed by atoms with Crippen LogP contribution in [0, 0.1) is 0 Å². The molecule has 1 saturated carbocycles. The van der Waals surface area contributed by atoms with Crippen LogP contribution in [0.15, 0.2) is 6.33 Å². The topological polar surface area (TPSA) is 44.2 Å². The molecular formula is C12H17ClN2O2. The molecule has 4 nitrogen and oxygen atoms in total. The molecule has 0 saturated heterocycles. The first-order valence-corrected chi connectivity index (χ1v) is 6.40. The molecule has 0 N–H and O–H groups in total. The highest BCUT2D eigenvalue weighted by atomic mass is 35.5. The fourth-order valence-corrected chi connectivity index (χ4v) is 2.31. The van der Waals surface area contributed by atoms with E-state index in [1.54, 1.807) is 7.11 Å². The second-order valence-electron chi connectivity index (χ2n) is 4.23. The van der Waals surface area contributed by atoms with Crippen molar-refractivity contribution < 1.29 is 9.47 Å². The summed E-state index contributed by atoms with van der Waals surface area (Å²) in [7, 11) is 1.55. The molecule has 0 atom stereocenters. The van der Waals surface area contributed by atoms with Gasteiger partial charge in [-0.2, -0.15) is 4.98 Å². The van der Waals surface area contributed by atoms with Gasteiger partial charge in [0.15, 0.2) is 5.15 Å². The molecule has 2 rings (SSSR count). The van der Waals surface area contributed by atoms with Gasteiger partial charge in [0.05, 0.1) is 7.11 Å². The maximum absolute atomic E-state index is 5.92. The van der Waals surface area contributed by atoms with Crippen molar-refractivity contribution in [2.24, 2.45) is 0 Å². The van der Waals surface area contributed by atoms with E-state index in [1.807, 2.05) is 0 Å². The fraction of sp³-hybridized carbons (Fsp3) is 0.667. The SMILES string of the molecule is COc1c(Cl)ncnc1OC1CCCCCC1. The minimum absolute atomic E-state index is 0.220. The largest absolute Gasteiger partial charge is 0.489 e. The normalized spacial score (nSPS) is 17.5. The van der Waals surface area contributed by atoms with Crippen LogP contribution in [0.1, 0.15) is 38.5 Å². The number of aromatic nitrogens is 2. The van der Waals surface area contributed by atoms with E-state index in [2.05, 4.69) is 9.97 Å². The lowest BCUT2D eigenvalue weighted by Gasteiger charge is -2.17. The number of hydrogen-bond donors (Lipinski definition) is 0. The van der Waals surface area contributed by atoms with Crippen LogP contribution in [-0.4, -0.2) is 23.2 Å². The molecule has 0 radical (unpaired) electrons. The number of nitrogens with zero attached hydrogens (tertiary/aromatic N) is 2. The fourth-order valence-electron chi connectivity index (χ4n) is 2.11. The highest BCUT2D eigenvalue weighted by molar-refractivity contribution is 6.31. The number of hydrogen-bond acceptors (Lipinski definition) is 4. The van der Waals surface area contributed by atoms with Gasteiger partial charge >= 0.3 is 0 Å². The summed E-state index contributed by atoms with van der Waals surface area (Å²) < 4.78 is 11.0. The molecule has 0 bridgehead atoms. The van der Waals surface area contributed by atoms with E-state index in [9.17, 15) is 0 Å². The van der Waals surface area contributed by atoms with Crippen LogP contribution in [0.4, 0.5) is 0 Å². The van der Waals surface area contributed by atoms with Crippen molar-refractivity contribution in [2.45, 2.75) is 44.6 Å². The first-order chi connectivity index (χ1) is 8.31. The van der Waals surface area contributed by atoms with E-state index in [1.165, 1.54) is 32.0 Å². The van der Waals surface area contributed by atoms with Gasteiger partial charge in [-0.15, -0.1) is 0 Å². The first-order valence-electron chi connectivity index (χ1n) is 6.02. The van der Waals surface area contributed by atoms with E-state index in [0.29, 0.717) is 16.8 Å². The molecule has 0 spiro atoms. The molecule has 1 aromatic rings. The number of methoxy groups -OCH3 is 1. The van der Waals surface area contributed by atoms with Crippen LogP contribution in [0.5, 0.6) is 11.6 Å². The van der Waals surface area contributed by atoms with E-state index >= 15 is 0 Å². The molecular weight excluding hydrogens is 240 g/mol. The number of rotatable bonds is 3. The lowest BCUT2D eigenvalue weighted by molar-refractivity contribution is 0.168. The van der Waals surface area contributed by atoms with Gasteiger partial charge in [-0.3, -0.25) is 0 Å². The van der Waals surface area contributed by atoms with Crippen molar-refractivity contribution in [3.8, 4) is 11.6 Å². The molecule has 5 heteroatoms. The Bertz CT molecular complexity index is 366. The van der Waals surface area contributed by atoms with Crippen LogP contribution in [0.2, 0.25) is 5.15 Å². The third kappa shape index (κ3) is 3.22. The second-order valence-corrected chi connectivity index (χ2v) is 4.59. The van der Waals surface area contributed by atoms with Crippen molar-refractivity contribution >= 4 is 11.6 Å². The molecule has 94 valence electrons. The van der Waals surface area contributed by atoms with E-state index in [0.717, 1.165) is 12.8 Å². The van der Waals surface area contributed by atoms with Crippen molar-refractivity contribution in [3.63, 3.8) is 0 Å². The summed E-state index contributed by atoms with van der Waals surface area (Å²) in [6.45, 7) is 0. The van der Waals surface area contributed by atoms with Crippen LogP contribution in [0.25, 0.3) is 0 Å². The third-order valence-electron chi connectivity index (χ3n) is 3.01. The predicted octanol–water partition coefficient (Wildman–Crippen LogP) is 3.24. The molecule has 1 aromatic heterocycles. The Kier molecular flexibility index (Phi) is 4.42. The zero-order valence-electron chi connectivity index (χ0n) is 9.99. The quantitative estimate of drug-likeness (QED) is 0.615. The third-order valence-corrected chi connectivity index (χ3v) is 3.28. The van der Waals surface area contributed by atoms with E-state index in [-0.39, 0.29) is 6.10 Å². The average molecular weight is 257 g/mol. The minimum atomic E-state index is 0.220. The Balaban J connectivity index is 2.09. The number of ether oxygens (including phenoxy) is 2. The zero-order chi connectivity index (χ0) is 12.1. The monoisotopic (exact) mass is 256 g/mol. The van der Waals surface area contributed by atoms with Crippen LogP contribution in [0.3, 0.4) is 0 Å². The smallest absolute Gasteiger partial charge is 0.262 e. The summed E-state index contributed by atoms with van der Waals surface area (Å²) in [5, 5.41) is 0.297. The van der Waals surface area contributed by atoms with Crippen LogP contribution < -0.4 is 9.47 Å². The number of halogens is 1. The highest BCUT2D eigenvalue weighted by Crippen LogP contribution is 2.32. The zero-order valence-corrected chi connectivity index (χ0v) is 10.7. The maximum Gasteiger partial charge on any atom is 0.262 e. The summed E-state index contributed by atoms with van der Waals surface area (Å²) in [6.07, 6.45) is 8.78. The van der Waals surface area contributed by atoms with Crippen molar-refractivity contribution in [2.75, 3.05) is 7.11 Å². The molecule has 0 unspecified atom stereocenters.